The van der Waals surface area contributed by atoms with Gasteiger partial charge in [-0.05, 0) is 102 Å². The van der Waals surface area contributed by atoms with Crippen molar-refractivity contribution < 1.29 is 91.6 Å². The summed E-state index contributed by atoms with van der Waals surface area (Å²) < 4.78 is 67.6. The van der Waals surface area contributed by atoms with E-state index in [4.69, 9.17) is 27.9 Å². The highest BCUT2D eigenvalue weighted by atomic mass is 35.5. The highest BCUT2D eigenvalue weighted by Crippen LogP contribution is 2.31. The lowest BCUT2D eigenvalue weighted by Gasteiger charge is -2.22. The lowest BCUT2D eigenvalue weighted by molar-refractivity contribution is 0.0816. The second kappa shape index (κ2) is 42.4. The molecule has 0 radical (unpaired) electrons. The average molecular weight is 1650 g/mol. The van der Waals surface area contributed by atoms with Crippen LogP contribution in [-0.4, -0.2) is 165 Å². The number of carbonyl (C=O) groups excluding carboxylic acids is 7. The Morgan fingerprint density at radius 3 is 1.04 bits per heavy atom. The van der Waals surface area contributed by atoms with Crippen LogP contribution in [-0.2, 0) is 51.6 Å². The topological polar surface area (TPSA) is 509 Å². The third kappa shape index (κ3) is 20.7. The third-order valence-corrected chi connectivity index (χ3v) is 18.5. The minimum atomic E-state index is -1.01. The van der Waals surface area contributed by atoms with Gasteiger partial charge in [0.25, 0.3) is 80.3 Å². The molecule has 626 valence electrons. The van der Waals surface area contributed by atoms with Crippen LogP contribution in [0.4, 0.5) is 17.6 Å². The zero-order chi connectivity index (χ0) is 88.2. The van der Waals surface area contributed by atoms with Gasteiger partial charge >= 0.3 is 0 Å². The van der Waals surface area contributed by atoms with Gasteiger partial charge in [0.05, 0.1) is 22.8 Å². The van der Waals surface area contributed by atoms with E-state index in [1.807, 2.05) is 0 Å². The molecule has 0 saturated carbocycles. The Morgan fingerprint density at radius 2 is 0.684 bits per heavy atom. The van der Waals surface area contributed by atoms with E-state index in [9.17, 15) is 120 Å². The molecule has 1 aliphatic rings. The second-order valence-corrected chi connectivity index (χ2v) is 25.2. The number of ether oxygens (including phenoxy) is 1. The van der Waals surface area contributed by atoms with Crippen molar-refractivity contribution in [2.45, 2.75) is 135 Å². The number of hydrogen-bond acceptors (Lipinski definition) is 22. The molecule has 0 atom stereocenters. The van der Waals surface area contributed by atoms with Gasteiger partial charge in [-0.15, -0.1) is 0 Å². The molecule has 0 unspecified atom stereocenters. The van der Waals surface area contributed by atoms with Crippen LogP contribution in [0.25, 0.3) is 0 Å². The van der Waals surface area contributed by atoms with Crippen LogP contribution in [0.3, 0.4) is 0 Å². The molecule has 0 fully saturated rings. The molecule has 0 saturated heterocycles. The van der Waals surface area contributed by atoms with Crippen LogP contribution < -0.4 is 76.1 Å². The fourth-order valence-electron chi connectivity index (χ4n) is 10.9. The third-order valence-electron chi connectivity index (χ3n) is 17.6. The van der Waals surface area contributed by atoms with Crippen LogP contribution in [0, 0.1) is 71.7 Å². The maximum Gasteiger partial charge on any atom is 0.269 e. The van der Waals surface area contributed by atoms with Gasteiger partial charge < -0.3 is 105 Å². The SMILES string of the molecule is CCOCn1c(C)c(F)c(O)c(C(=O)NC)c1=O.CCn1c(C)c(Cl)c(O)c(C(=O)NC)c1=O.CCn1c(C)c(F)c(O)c(C(=O)NC)c1=O.CNC(=O)c1c(O)c(C)c2n(c1=O)CCCC2.CNC(=O)c1c(O)c(Cl)c(C)n(C)c1=O.CNC(=O)c1c(O)c(F)c(C)n(C(C)C)c1=O.CNC(=O)c1c(O)c(F)c(C)n(C)c1=O. The van der Waals surface area contributed by atoms with E-state index in [0.29, 0.717) is 36.6 Å². The van der Waals surface area contributed by atoms with E-state index in [2.05, 4.69) is 37.2 Å². The Morgan fingerprint density at radius 1 is 0.395 bits per heavy atom. The van der Waals surface area contributed by atoms with Gasteiger partial charge in [0.1, 0.15) is 61.5 Å². The largest absolute Gasteiger partial charge is 0.507 e. The number of rotatable bonds is 13. The molecule has 7 aromatic heterocycles. The number of aromatic nitrogens is 7. The van der Waals surface area contributed by atoms with E-state index in [1.165, 1.54) is 100 Å². The van der Waals surface area contributed by atoms with E-state index < -0.39 is 155 Å². The summed E-state index contributed by atoms with van der Waals surface area (Å²) in [4.78, 5) is 163. The Labute approximate surface area is 657 Å². The van der Waals surface area contributed by atoms with Crippen LogP contribution >= 0.6 is 23.2 Å². The first-order valence-electron chi connectivity index (χ1n) is 34.3. The summed E-state index contributed by atoms with van der Waals surface area (Å²) in [5.74, 6) is -13.7. The van der Waals surface area contributed by atoms with Crippen molar-refractivity contribution >= 4 is 64.6 Å². The van der Waals surface area contributed by atoms with Crippen molar-refractivity contribution in [2.75, 3.05) is 55.9 Å². The van der Waals surface area contributed by atoms with Gasteiger partial charge in [0.15, 0.2) is 57.8 Å². The van der Waals surface area contributed by atoms with Crippen LogP contribution in [0.1, 0.15) is 171 Å². The predicted molar refractivity (Wildman–Crippen MR) is 412 cm³/mol. The van der Waals surface area contributed by atoms with Crippen LogP contribution in [0.2, 0.25) is 10.0 Å². The molecule has 8 rings (SSSR count). The number of pyridine rings is 7. The fraction of sp³-hybridized carbons (Fsp3) is 0.417. The highest BCUT2D eigenvalue weighted by molar-refractivity contribution is 6.33. The summed E-state index contributed by atoms with van der Waals surface area (Å²) in [6.07, 6.45) is 2.73. The second-order valence-electron chi connectivity index (χ2n) is 24.5. The quantitative estimate of drug-likeness (QED) is 0.0735. The lowest BCUT2D eigenvalue weighted by Crippen LogP contribution is -2.35. The zero-order valence-electron chi connectivity index (χ0n) is 66.4. The molecule has 8 heterocycles. The van der Waals surface area contributed by atoms with Gasteiger partial charge in [-0.1, -0.05) is 23.2 Å². The van der Waals surface area contributed by atoms with E-state index in [0.717, 1.165) is 43.2 Å². The van der Waals surface area contributed by atoms with Gasteiger partial charge in [-0.2, -0.15) is 0 Å². The average Bonchev–Trinajstić information content (AvgIpc) is 0.780. The molecule has 42 heteroatoms. The smallest absolute Gasteiger partial charge is 0.269 e. The normalized spacial score (nSPS) is 10.9. The molecule has 7 amide bonds. The lowest BCUT2D eigenvalue weighted by atomic mass is 10.0. The molecule has 1 aliphatic heterocycles. The Balaban J connectivity index is 0.000000452. The first-order valence-corrected chi connectivity index (χ1v) is 35.1. The monoisotopic (exact) mass is 1650 g/mol. The minimum Gasteiger partial charge on any atom is -0.507 e. The summed E-state index contributed by atoms with van der Waals surface area (Å²) in [6.45, 7) is 20.3. The minimum absolute atomic E-state index is 0.00940. The number of carbonyl (C=O) groups is 7. The van der Waals surface area contributed by atoms with Crippen molar-refractivity contribution in [1.82, 2.24) is 69.2 Å². The Bertz CT molecular complexity index is 5170. The Kier molecular flexibility index (Phi) is 36.4. The molecular weight excluding hydrogens is 1560 g/mol. The summed E-state index contributed by atoms with van der Waals surface area (Å²) in [7, 11) is 12.2. The fourth-order valence-corrected chi connectivity index (χ4v) is 11.3. The zero-order valence-corrected chi connectivity index (χ0v) is 67.9. The molecule has 7 aromatic rings. The molecule has 0 bridgehead atoms. The van der Waals surface area contributed by atoms with Crippen molar-refractivity contribution in [3.63, 3.8) is 0 Å². The molecule has 0 aromatic carbocycles. The standard InChI is InChI=1S/C12H16N2O3.C11H15FN2O4.C11H15FN2O3.C10H13ClN2O3.C10H13FN2O3.C9H11ClN2O3.C9H11FN2O3/c1-7-8-5-3-4-6-14(8)12(17)9(10(7)15)11(16)13-2;1-4-18-5-14-6(2)8(12)9(15)7(11(14)17)10(16)13-3;1-5(2)14-6(3)8(12)9(15)7(11(14)17)10(16)13-4;2*1-4-13-5(2)7(11)8(14)6(10(13)16)9(15)12-3;2*1-4-6(10)7(13)5(8(14)11-2)9(15)12(4)3/h15H,3-6H2,1-2H3,(H,13,16);15H,4-5H2,1-3H3,(H,13,16);5,15H,1-4H3,(H,13,16);2*14H,4H2,1-3H3,(H,12,15);2*13H,1-3H3,(H,11,14). The number of aromatic hydroxyl groups is 7. The summed E-state index contributed by atoms with van der Waals surface area (Å²) >= 11 is 11.6. The number of nitrogens with zero attached hydrogens (tertiary/aromatic N) is 7. The summed E-state index contributed by atoms with van der Waals surface area (Å²) in [5, 5.41) is 82.7. The van der Waals surface area contributed by atoms with Gasteiger partial charge in [0, 0.05) is 118 Å². The van der Waals surface area contributed by atoms with Crippen LogP contribution in [0.15, 0.2) is 33.6 Å². The number of amides is 7. The number of halogens is 6. The maximum atomic E-state index is 13.7. The number of hydrogen-bond donors (Lipinski definition) is 14. The Hall–Kier alpha value is -12.2. The summed E-state index contributed by atoms with van der Waals surface area (Å²) in [5.41, 5.74) is -5.29. The van der Waals surface area contributed by atoms with Crippen molar-refractivity contribution in [3.05, 3.63) is 190 Å². The molecular formula is C72H94Cl2F4N14O22. The van der Waals surface area contributed by atoms with Crippen molar-refractivity contribution in [3.8, 4) is 40.2 Å². The summed E-state index contributed by atoms with van der Waals surface area (Å²) in [6, 6.07) is -0.305. The van der Waals surface area contributed by atoms with Gasteiger partial charge in [-0.25, -0.2) is 17.6 Å². The van der Waals surface area contributed by atoms with E-state index >= 15 is 0 Å². The van der Waals surface area contributed by atoms with E-state index in [-0.39, 0.29) is 80.1 Å². The van der Waals surface area contributed by atoms with Crippen molar-refractivity contribution in [1.29, 1.82) is 0 Å². The molecule has 36 nitrogen and oxygen atoms in total. The molecule has 14 N–H and O–H groups in total. The molecule has 0 aliphatic carbocycles. The van der Waals surface area contributed by atoms with E-state index in [1.54, 1.807) is 60.0 Å². The first-order chi connectivity index (χ1) is 53.1. The van der Waals surface area contributed by atoms with Gasteiger partial charge in [-0.3, -0.25) is 71.7 Å². The first kappa shape index (κ1) is 97.9. The predicted octanol–water partition coefficient (Wildman–Crippen LogP) is 3.44. The van der Waals surface area contributed by atoms with Crippen molar-refractivity contribution in [2.24, 2.45) is 14.1 Å². The van der Waals surface area contributed by atoms with Crippen LogP contribution in [0.5, 0.6) is 40.2 Å². The maximum absolute atomic E-state index is 13.7. The highest BCUT2D eigenvalue weighted by Gasteiger charge is 2.30. The molecule has 0 spiro atoms. The number of fused-ring (bicyclic) bond motifs is 1. The molecule has 114 heavy (non-hydrogen) atoms. The number of nitrogens with one attached hydrogen (secondary N) is 7. The van der Waals surface area contributed by atoms with Gasteiger partial charge in [0.2, 0.25) is 0 Å².